The molecule has 0 radical (unpaired) electrons. The van der Waals surface area contributed by atoms with Gasteiger partial charge >= 0.3 is 6.03 Å². The Kier molecular flexibility index (Phi) is 4.49. The van der Waals surface area contributed by atoms with Crippen LogP contribution in [-0.4, -0.2) is 60.7 Å². The lowest BCUT2D eigenvalue weighted by Gasteiger charge is -2.31. The van der Waals surface area contributed by atoms with Crippen LogP contribution in [0.25, 0.3) is 0 Å². The van der Waals surface area contributed by atoms with Crippen molar-refractivity contribution in [3.63, 3.8) is 0 Å². The number of nitrogens with zero attached hydrogens (tertiary/aromatic N) is 3. The van der Waals surface area contributed by atoms with Gasteiger partial charge in [0.15, 0.2) is 0 Å². The highest BCUT2D eigenvalue weighted by molar-refractivity contribution is 6.29. The van der Waals surface area contributed by atoms with E-state index in [1.54, 1.807) is 19.0 Å². The Morgan fingerprint density at radius 1 is 1.19 bits per heavy atom. The van der Waals surface area contributed by atoms with Crippen LogP contribution in [0.4, 0.5) is 4.79 Å². The van der Waals surface area contributed by atoms with E-state index in [0.29, 0.717) is 0 Å². The molecule has 0 aliphatic carbocycles. The average Bonchev–Trinajstić information content (AvgIpc) is 2.18. The summed E-state index contributed by atoms with van der Waals surface area (Å²) in [5.41, 5.74) is 0.213. The van der Waals surface area contributed by atoms with Crippen LogP contribution in [0.5, 0.6) is 0 Å². The highest BCUT2D eigenvalue weighted by atomic mass is 35.5. The fraction of sp³-hybridized carbons (Fsp3) is 0.444. The normalized spacial score (nSPS) is 19.0. The largest absolute Gasteiger partial charge is 0.383 e. The molecular formula is C9H15ClN4O2. The molecule has 1 rings (SSSR count). The maximum Gasteiger partial charge on any atom is 0.332 e. The molecule has 16 heavy (non-hydrogen) atoms. The molecular weight excluding hydrogens is 232 g/mol. The second kappa shape index (κ2) is 4.98. The molecule has 1 heterocycles. The van der Waals surface area contributed by atoms with E-state index in [4.69, 9.17) is 5.41 Å². The van der Waals surface area contributed by atoms with Crippen molar-refractivity contribution in [2.45, 2.75) is 0 Å². The summed E-state index contributed by atoms with van der Waals surface area (Å²) in [6.45, 7) is 0. The number of nitrogens with one attached hydrogen (secondary N) is 1. The number of hydrogen-bond donors (Lipinski definition) is 1. The second-order valence-corrected chi connectivity index (χ2v) is 3.56. The number of hydrogen-bond acceptors (Lipinski definition) is 4. The third-order valence-corrected chi connectivity index (χ3v) is 2.09. The maximum atomic E-state index is 11.7. The van der Waals surface area contributed by atoms with Crippen LogP contribution in [0.1, 0.15) is 0 Å². The van der Waals surface area contributed by atoms with E-state index < -0.39 is 11.9 Å². The molecule has 0 unspecified atom stereocenters. The first-order chi connectivity index (χ1) is 6.86. The van der Waals surface area contributed by atoms with Gasteiger partial charge in [-0.3, -0.25) is 20.0 Å². The van der Waals surface area contributed by atoms with E-state index in [1.807, 2.05) is 0 Å². The van der Waals surface area contributed by atoms with Crippen molar-refractivity contribution < 1.29 is 9.59 Å². The van der Waals surface area contributed by atoms with Gasteiger partial charge in [0.05, 0.1) is 5.57 Å². The van der Waals surface area contributed by atoms with Crippen molar-refractivity contribution in [1.82, 2.24) is 14.7 Å². The van der Waals surface area contributed by atoms with Gasteiger partial charge in [-0.05, 0) is 0 Å². The minimum absolute atomic E-state index is 0. The molecule has 0 aromatic carbocycles. The SMILES string of the molecule is CN(C)C=C1C(=N)N(C)C(=O)N(C)C1=O.Cl. The number of imide groups is 1. The molecule has 3 amide bonds. The van der Waals surface area contributed by atoms with Crippen LogP contribution in [0.3, 0.4) is 0 Å². The third-order valence-electron chi connectivity index (χ3n) is 2.09. The summed E-state index contributed by atoms with van der Waals surface area (Å²) in [5, 5.41) is 7.66. The van der Waals surface area contributed by atoms with Crippen molar-refractivity contribution in [3.05, 3.63) is 11.8 Å². The van der Waals surface area contributed by atoms with E-state index >= 15 is 0 Å². The van der Waals surface area contributed by atoms with E-state index in [0.717, 1.165) is 9.80 Å². The fourth-order valence-electron chi connectivity index (χ4n) is 1.24. The molecule has 0 aromatic heterocycles. The second-order valence-electron chi connectivity index (χ2n) is 3.56. The topological polar surface area (TPSA) is 67.7 Å². The Balaban J connectivity index is 0.00000225. The summed E-state index contributed by atoms with van der Waals surface area (Å²) in [6.07, 6.45) is 1.53. The summed E-state index contributed by atoms with van der Waals surface area (Å²) < 4.78 is 0. The number of urea groups is 1. The van der Waals surface area contributed by atoms with Gasteiger partial charge in [0, 0.05) is 34.4 Å². The van der Waals surface area contributed by atoms with Gasteiger partial charge in [0.25, 0.3) is 5.91 Å². The van der Waals surface area contributed by atoms with Crippen molar-refractivity contribution in [2.75, 3.05) is 28.2 Å². The Bertz CT molecular complexity index is 339. The predicted octanol–water partition coefficient (Wildman–Crippen LogP) is 0.355. The molecule has 1 N–H and O–H groups in total. The first-order valence-corrected chi connectivity index (χ1v) is 4.39. The minimum atomic E-state index is -0.485. The number of amides is 3. The molecule has 0 bridgehead atoms. The van der Waals surface area contributed by atoms with Gasteiger partial charge in [0.2, 0.25) is 0 Å². The summed E-state index contributed by atoms with van der Waals surface area (Å²) in [6, 6.07) is -0.485. The van der Waals surface area contributed by atoms with Gasteiger partial charge in [-0.15, -0.1) is 12.4 Å². The fourth-order valence-corrected chi connectivity index (χ4v) is 1.24. The first kappa shape index (κ1) is 14.4. The van der Waals surface area contributed by atoms with Gasteiger partial charge in [0.1, 0.15) is 5.84 Å². The highest BCUT2D eigenvalue weighted by Crippen LogP contribution is 2.14. The van der Waals surface area contributed by atoms with Gasteiger partial charge < -0.3 is 4.90 Å². The summed E-state index contributed by atoms with van der Waals surface area (Å²) in [7, 11) is 6.38. The zero-order chi connectivity index (χ0) is 11.7. The molecule has 1 fully saturated rings. The molecule has 1 aliphatic heterocycles. The molecule has 1 saturated heterocycles. The predicted molar refractivity (Wildman–Crippen MR) is 62.7 cm³/mol. The van der Waals surface area contributed by atoms with Crippen LogP contribution in [0, 0.1) is 5.41 Å². The van der Waals surface area contributed by atoms with Crippen LogP contribution in [0.15, 0.2) is 11.8 Å². The Hall–Kier alpha value is -1.56. The summed E-state index contributed by atoms with van der Waals surface area (Å²) in [4.78, 5) is 26.9. The average molecular weight is 247 g/mol. The molecule has 0 saturated carbocycles. The molecule has 1 aliphatic rings. The lowest BCUT2D eigenvalue weighted by Crippen LogP contribution is -2.53. The van der Waals surface area contributed by atoms with Gasteiger partial charge in [-0.25, -0.2) is 4.79 Å². The third kappa shape index (κ3) is 2.33. The van der Waals surface area contributed by atoms with Crippen LogP contribution in [-0.2, 0) is 4.79 Å². The lowest BCUT2D eigenvalue weighted by molar-refractivity contribution is -0.123. The number of carbonyl (C=O) groups excluding carboxylic acids is 2. The molecule has 0 atom stereocenters. The van der Waals surface area contributed by atoms with Crippen LogP contribution >= 0.6 is 12.4 Å². The lowest BCUT2D eigenvalue weighted by atomic mass is 10.1. The smallest absolute Gasteiger partial charge is 0.332 e. The monoisotopic (exact) mass is 246 g/mol. The summed E-state index contributed by atoms with van der Waals surface area (Å²) >= 11 is 0. The van der Waals surface area contributed by atoms with E-state index in [-0.39, 0.29) is 23.8 Å². The van der Waals surface area contributed by atoms with Crippen LogP contribution in [0.2, 0.25) is 0 Å². The Morgan fingerprint density at radius 2 is 1.69 bits per heavy atom. The number of amidine groups is 1. The van der Waals surface area contributed by atoms with Gasteiger partial charge in [-0.2, -0.15) is 0 Å². The molecule has 7 heteroatoms. The molecule has 90 valence electrons. The van der Waals surface area contributed by atoms with E-state index in [1.165, 1.54) is 20.3 Å². The summed E-state index contributed by atoms with van der Waals surface area (Å²) in [5.74, 6) is -0.520. The molecule has 0 spiro atoms. The Labute approximate surface area is 100 Å². The molecule has 0 aromatic rings. The number of rotatable bonds is 1. The number of carbonyl (C=O) groups is 2. The van der Waals surface area contributed by atoms with Crippen molar-refractivity contribution >= 4 is 30.2 Å². The van der Waals surface area contributed by atoms with E-state index in [2.05, 4.69) is 0 Å². The van der Waals surface area contributed by atoms with Gasteiger partial charge in [-0.1, -0.05) is 0 Å². The minimum Gasteiger partial charge on any atom is -0.383 e. The Morgan fingerprint density at radius 3 is 2.12 bits per heavy atom. The zero-order valence-electron chi connectivity index (χ0n) is 9.64. The van der Waals surface area contributed by atoms with Crippen molar-refractivity contribution in [2.24, 2.45) is 0 Å². The van der Waals surface area contributed by atoms with Crippen LogP contribution < -0.4 is 0 Å². The standard InChI is InChI=1S/C9H14N4O2.ClH/c1-11(2)5-6-7(10)12(3)9(15)13(4)8(6)14;/h5,10H,1-4H3;1H. The first-order valence-electron chi connectivity index (χ1n) is 4.39. The number of likely N-dealkylation sites (N-methyl/N-ethyl adjacent to an activating group) is 2. The zero-order valence-corrected chi connectivity index (χ0v) is 10.5. The van der Waals surface area contributed by atoms with Crippen molar-refractivity contribution in [1.29, 1.82) is 5.41 Å². The van der Waals surface area contributed by atoms with E-state index in [9.17, 15) is 9.59 Å². The maximum absolute atomic E-state index is 11.7. The number of halogens is 1. The quantitative estimate of drug-likeness (QED) is 0.679. The van der Waals surface area contributed by atoms with Crippen molar-refractivity contribution in [3.8, 4) is 0 Å². The molecule has 6 nitrogen and oxygen atoms in total. The highest BCUT2D eigenvalue weighted by Gasteiger charge is 2.35.